The van der Waals surface area contributed by atoms with Gasteiger partial charge in [-0.2, -0.15) is 0 Å². The molecule has 2 aromatic carbocycles. The summed E-state index contributed by atoms with van der Waals surface area (Å²) in [6.45, 7) is 2.49. The topological polar surface area (TPSA) is 97.3 Å². The predicted octanol–water partition coefficient (Wildman–Crippen LogP) is 4.84. The minimum atomic E-state index is -4.47. The van der Waals surface area contributed by atoms with Gasteiger partial charge in [-0.3, -0.25) is 4.72 Å². The zero-order valence-electron chi connectivity index (χ0n) is 18.5. The first kappa shape index (κ1) is 24.5. The van der Waals surface area contributed by atoms with E-state index < -0.39 is 26.6 Å². The Hall–Kier alpha value is -3.19. The van der Waals surface area contributed by atoms with E-state index in [1.165, 1.54) is 23.7 Å². The molecule has 36 heavy (non-hydrogen) atoms. The fraction of sp³-hybridized carbons (Fsp3) is 0.174. The average Bonchev–Trinajstić information content (AvgIpc) is 3.33. The van der Waals surface area contributed by atoms with Crippen molar-refractivity contribution < 1.29 is 21.9 Å². The van der Waals surface area contributed by atoms with E-state index in [0.29, 0.717) is 49.3 Å². The number of morpholine rings is 1. The molecule has 1 N–H and O–H groups in total. The number of anilines is 2. The normalized spacial score (nSPS) is 14.1. The first-order valence-corrected chi connectivity index (χ1v) is 13.4. The molecular weight excluding hydrogens is 532 g/mol. The summed E-state index contributed by atoms with van der Waals surface area (Å²) in [5.41, 5.74) is 1.57. The number of thiazole rings is 1. The lowest BCUT2D eigenvalue weighted by molar-refractivity contribution is 0.122. The summed E-state index contributed by atoms with van der Waals surface area (Å²) in [5, 5.41) is 0.790. The van der Waals surface area contributed by atoms with Gasteiger partial charge in [-0.25, -0.2) is 32.2 Å². The Morgan fingerprint density at radius 3 is 2.67 bits per heavy atom. The summed E-state index contributed by atoms with van der Waals surface area (Å²) in [4.78, 5) is 15.1. The summed E-state index contributed by atoms with van der Waals surface area (Å²) in [5.74, 6) is -1.97. The lowest BCUT2D eigenvalue weighted by Gasteiger charge is -2.26. The summed E-state index contributed by atoms with van der Waals surface area (Å²) in [6, 6.07) is 8.67. The molecule has 0 radical (unpaired) electrons. The van der Waals surface area contributed by atoms with Crippen LogP contribution in [0.15, 0.2) is 59.9 Å². The molecule has 8 nitrogen and oxygen atoms in total. The second-order valence-electron chi connectivity index (χ2n) is 7.72. The number of nitrogens with one attached hydrogen (secondary N) is 1. The zero-order chi connectivity index (χ0) is 25.3. The molecule has 4 aromatic rings. The van der Waals surface area contributed by atoms with Crippen LogP contribution < -0.4 is 9.62 Å². The third-order valence-corrected chi connectivity index (χ3v) is 8.32. The van der Waals surface area contributed by atoms with Crippen molar-refractivity contribution in [2.24, 2.45) is 0 Å². The summed E-state index contributed by atoms with van der Waals surface area (Å²) in [6.07, 6.45) is 3.03. The Balaban J connectivity index is 1.58. The molecule has 0 spiro atoms. The molecule has 0 aliphatic carbocycles. The second kappa shape index (κ2) is 10.1. The van der Waals surface area contributed by atoms with Crippen molar-refractivity contribution in [3.8, 4) is 21.8 Å². The SMILES string of the molecule is O=S(=O)(Nc1cccc(-c2nc(N3CCOCC3)sc2-c2ccncn2)c1Cl)c1cc(F)ccc1F. The van der Waals surface area contributed by atoms with Crippen LogP contribution in [-0.2, 0) is 14.8 Å². The molecule has 0 bridgehead atoms. The maximum absolute atomic E-state index is 14.2. The van der Waals surface area contributed by atoms with Crippen molar-refractivity contribution in [3.63, 3.8) is 0 Å². The average molecular weight is 550 g/mol. The van der Waals surface area contributed by atoms with Crippen LogP contribution in [0.5, 0.6) is 0 Å². The van der Waals surface area contributed by atoms with Crippen molar-refractivity contribution in [1.82, 2.24) is 15.0 Å². The summed E-state index contributed by atoms with van der Waals surface area (Å²) >= 11 is 8.09. The monoisotopic (exact) mass is 549 g/mol. The number of halogens is 3. The maximum atomic E-state index is 14.2. The highest BCUT2D eigenvalue weighted by Crippen LogP contribution is 2.43. The number of ether oxygens (including phenoxy) is 1. The molecule has 186 valence electrons. The van der Waals surface area contributed by atoms with Crippen molar-refractivity contribution in [2.45, 2.75) is 4.90 Å². The number of hydrogen-bond acceptors (Lipinski definition) is 8. The van der Waals surface area contributed by atoms with Crippen LogP contribution in [0.3, 0.4) is 0 Å². The van der Waals surface area contributed by atoms with Gasteiger partial charge in [0.1, 0.15) is 22.9 Å². The Morgan fingerprint density at radius 2 is 1.92 bits per heavy atom. The van der Waals surface area contributed by atoms with Crippen molar-refractivity contribution in [1.29, 1.82) is 0 Å². The van der Waals surface area contributed by atoms with Gasteiger partial charge >= 0.3 is 0 Å². The largest absolute Gasteiger partial charge is 0.378 e. The Bertz CT molecular complexity index is 1510. The van der Waals surface area contributed by atoms with Crippen LogP contribution in [-0.4, -0.2) is 49.7 Å². The van der Waals surface area contributed by atoms with E-state index in [-0.39, 0.29) is 10.7 Å². The van der Waals surface area contributed by atoms with Gasteiger partial charge in [0.25, 0.3) is 10.0 Å². The quantitative estimate of drug-likeness (QED) is 0.368. The van der Waals surface area contributed by atoms with Crippen LogP contribution in [0.25, 0.3) is 21.8 Å². The number of sulfonamides is 1. The molecule has 1 aliphatic heterocycles. The van der Waals surface area contributed by atoms with Gasteiger partial charge in [-0.1, -0.05) is 35.1 Å². The fourth-order valence-electron chi connectivity index (χ4n) is 3.66. The standard InChI is InChI=1S/C23H18ClF2N5O3S2/c24-20-15(2-1-3-17(20)30-36(32,33)19-12-14(25)4-5-16(19)26)21-22(18-6-7-27-13-28-18)35-23(29-21)31-8-10-34-11-9-31/h1-7,12-13,30H,8-11H2. The van der Waals surface area contributed by atoms with Gasteiger partial charge in [0, 0.05) is 24.8 Å². The van der Waals surface area contributed by atoms with E-state index in [4.69, 9.17) is 21.3 Å². The van der Waals surface area contributed by atoms with Crippen LogP contribution in [0.4, 0.5) is 19.6 Å². The molecular formula is C23H18ClF2N5O3S2. The molecule has 0 amide bonds. The predicted molar refractivity (Wildman–Crippen MR) is 134 cm³/mol. The van der Waals surface area contributed by atoms with Gasteiger partial charge in [-0.15, -0.1) is 0 Å². The fourth-order valence-corrected chi connectivity index (χ4v) is 6.25. The highest BCUT2D eigenvalue weighted by molar-refractivity contribution is 7.92. The third kappa shape index (κ3) is 4.89. The van der Waals surface area contributed by atoms with Gasteiger partial charge in [0.2, 0.25) is 0 Å². The van der Waals surface area contributed by atoms with Crippen molar-refractivity contribution in [3.05, 3.63) is 71.6 Å². The molecule has 1 aliphatic rings. The van der Waals surface area contributed by atoms with Gasteiger partial charge in [0.05, 0.1) is 40.2 Å². The molecule has 0 saturated carbocycles. The van der Waals surface area contributed by atoms with Crippen LogP contribution in [0.2, 0.25) is 5.02 Å². The summed E-state index contributed by atoms with van der Waals surface area (Å²) < 4.78 is 61.2. The van der Waals surface area contributed by atoms with E-state index >= 15 is 0 Å². The van der Waals surface area contributed by atoms with Crippen LogP contribution >= 0.6 is 22.9 Å². The molecule has 3 heterocycles. The molecule has 2 aromatic heterocycles. The smallest absolute Gasteiger partial charge is 0.264 e. The minimum absolute atomic E-state index is 0.00705. The van der Waals surface area contributed by atoms with Crippen molar-refractivity contribution in [2.75, 3.05) is 35.9 Å². The number of benzene rings is 2. The number of hydrogen-bond donors (Lipinski definition) is 1. The number of rotatable bonds is 6. The van der Waals surface area contributed by atoms with E-state index in [0.717, 1.165) is 22.1 Å². The molecule has 1 fully saturated rings. The first-order valence-electron chi connectivity index (χ1n) is 10.7. The van der Waals surface area contributed by atoms with Crippen LogP contribution in [0.1, 0.15) is 0 Å². The second-order valence-corrected chi connectivity index (χ2v) is 10.7. The van der Waals surface area contributed by atoms with Gasteiger partial charge in [0.15, 0.2) is 5.13 Å². The molecule has 1 saturated heterocycles. The molecule has 13 heteroatoms. The maximum Gasteiger partial charge on any atom is 0.264 e. The number of aromatic nitrogens is 3. The third-order valence-electron chi connectivity index (χ3n) is 5.39. The molecule has 0 atom stereocenters. The van der Waals surface area contributed by atoms with E-state index in [2.05, 4.69) is 19.6 Å². The number of nitrogens with zero attached hydrogens (tertiary/aromatic N) is 4. The molecule has 0 unspecified atom stereocenters. The van der Waals surface area contributed by atoms with E-state index in [9.17, 15) is 17.2 Å². The Morgan fingerprint density at radius 1 is 1.11 bits per heavy atom. The lowest BCUT2D eigenvalue weighted by Crippen LogP contribution is -2.36. The highest BCUT2D eigenvalue weighted by atomic mass is 35.5. The minimum Gasteiger partial charge on any atom is -0.378 e. The van der Waals surface area contributed by atoms with Gasteiger partial charge in [-0.05, 0) is 30.3 Å². The lowest BCUT2D eigenvalue weighted by atomic mass is 10.1. The molecule has 5 rings (SSSR count). The van der Waals surface area contributed by atoms with E-state index in [1.54, 1.807) is 24.4 Å². The Kier molecular flexibility index (Phi) is 6.84. The van der Waals surface area contributed by atoms with Crippen LogP contribution in [0, 0.1) is 11.6 Å². The van der Waals surface area contributed by atoms with Gasteiger partial charge < -0.3 is 9.64 Å². The highest BCUT2D eigenvalue weighted by Gasteiger charge is 2.25. The van der Waals surface area contributed by atoms with Crippen molar-refractivity contribution >= 4 is 43.8 Å². The Labute approximate surface area is 214 Å². The first-order chi connectivity index (χ1) is 17.3. The van der Waals surface area contributed by atoms with E-state index in [1.807, 2.05) is 0 Å². The summed E-state index contributed by atoms with van der Waals surface area (Å²) in [7, 11) is -4.47. The zero-order valence-corrected chi connectivity index (χ0v) is 20.9.